The largest absolute Gasteiger partial charge is 0.491 e. The van der Waals surface area contributed by atoms with E-state index in [0.717, 1.165) is 0 Å². The van der Waals surface area contributed by atoms with E-state index < -0.39 is 30.1 Å². The number of anilines is 2. The maximum atomic E-state index is 14.8. The number of hydrogen-bond donors (Lipinski definition) is 3. The highest BCUT2D eigenvalue weighted by Gasteiger charge is 2.46. The Morgan fingerprint density at radius 3 is 2.48 bits per heavy atom. The van der Waals surface area contributed by atoms with Crippen LogP contribution in [0.1, 0.15) is 43.5 Å². The summed E-state index contributed by atoms with van der Waals surface area (Å²) in [4.78, 5) is 21.6. The van der Waals surface area contributed by atoms with Gasteiger partial charge in [-0.2, -0.15) is 28.2 Å². The molecule has 2 aromatic carbocycles. The van der Waals surface area contributed by atoms with Crippen LogP contribution in [0.15, 0.2) is 54.7 Å². The van der Waals surface area contributed by atoms with Gasteiger partial charge in [0.1, 0.15) is 11.9 Å². The number of carbonyl (C=O) groups is 1. The Kier molecular flexibility index (Phi) is 8.90. The van der Waals surface area contributed by atoms with Gasteiger partial charge in [-0.3, -0.25) is 4.79 Å². The van der Waals surface area contributed by atoms with Crippen LogP contribution in [0, 0.1) is 18.2 Å². The van der Waals surface area contributed by atoms with Crippen LogP contribution in [0.3, 0.4) is 0 Å². The number of halogens is 4. The van der Waals surface area contributed by atoms with Crippen LogP contribution >= 0.6 is 0 Å². The van der Waals surface area contributed by atoms with E-state index in [0.29, 0.717) is 61.5 Å². The zero-order valence-corrected chi connectivity index (χ0v) is 26.3. The number of ether oxygens (including phenoxy) is 2. The second kappa shape index (κ2) is 12.9. The average molecular weight is 670 g/mol. The van der Waals surface area contributed by atoms with Crippen LogP contribution in [0.25, 0.3) is 16.8 Å². The normalized spacial score (nSPS) is 18.2. The van der Waals surface area contributed by atoms with Gasteiger partial charge in [-0.05, 0) is 73.9 Å². The molecule has 2 aliphatic rings. The quantitative estimate of drug-likeness (QED) is 0.197. The van der Waals surface area contributed by atoms with E-state index in [1.54, 1.807) is 26.0 Å². The molecule has 4 N–H and O–H groups in total. The molecular weight excluding hydrogens is 634 g/mol. The molecule has 4 aromatic rings. The molecular formula is C33H35F4N7O4. The number of benzene rings is 2. The maximum Gasteiger partial charge on any atom is 0.429 e. The molecule has 2 aliphatic heterocycles. The van der Waals surface area contributed by atoms with Gasteiger partial charge in [0.2, 0.25) is 17.9 Å². The van der Waals surface area contributed by atoms with Crippen LogP contribution < -0.4 is 25.4 Å². The van der Waals surface area contributed by atoms with Gasteiger partial charge in [0.25, 0.3) is 0 Å². The van der Waals surface area contributed by atoms with Crippen LogP contribution in [-0.2, 0) is 4.79 Å². The van der Waals surface area contributed by atoms with Gasteiger partial charge in [-0.1, -0.05) is 18.2 Å². The third-order valence-corrected chi connectivity index (χ3v) is 8.90. The first-order valence-corrected chi connectivity index (χ1v) is 15.5. The monoisotopic (exact) mass is 669 g/mol. The molecule has 0 radical (unpaired) electrons. The molecule has 2 atom stereocenters. The smallest absolute Gasteiger partial charge is 0.429 e. The number of carboxylic acids is 1. The first-order chi connectivity index (χ1) is 22.8. The molecule has 254 valence electrons. The molecule has 1 spiro atoms. The standard InChI is InChI=1S/C33H35F4N7O4/c1-3-47-26-7-5-20(14-23(26)34)21-4-6-22(25(15-21)44-11-8-19(2)42-44)29(33(35,36)37)48-28-16-27(40-31(38)41-28)43-12-9-32(10-13-43)17-24(30(45)46)39-18-32/h4-8,11,14-16,24,29,39H,3,9-10,12-13,17-18H2,1-2H3,(H,45,46)(H2,38,40,41)/t24?,29-/m1/s1. The van der Waals surface area contributed by atoms with Crippen molar-refractivity contribution in [3.8, 4) is 28.4 Å². The van der Waals surface area contributed by atoms with E-state index in [1.807, 2.05) is 4.90 Å². The van der Waals surface area contributed by atoms with Gasteiger partial charge >= 0.3 is 12.1 Å². The fourth-order valence-electron chi connectivity index (χ4n) is 6.41. The third kappa shape index (κ3) is 6.86. The van der Waals surface area contributed by atoms with Crippen molar-refractivity contribution in [2.75, 3.05) is 36.9 Å². The first kappa shape index (κ1) is 33.0. The topological polar surface area (TPSA) is 141 Å². The van der Waals surface area contributed by atoms with Crippen molar-refractivity contribution in [2.45, 2.75) is 51.4 Å². The molecule has 0 aliphatic carbocycles. The zero-order chi connectivity index (χ0) is 34.2. The molecule has 15 heteroatoms. The first-order valence-electron chi connectivity index (χ1n) is 15.5. The summed E-state index contributed by atoms with van der Waals surface area (Å²) in [5.41, 5.74) is 7.07. The van der Waals surface area contributed by atoms with Crippen LogP contribution in [0.5, 0.6) is 11.6 Å². The molecule has 0 saturated carbocycles. The number of rotatable bonds is 9. The lowest BCUT2D eigenvalue weighted by Gasteiger charge is -2.39. The predicted molar refractivity (Wildman–Crippen MR) is 169 cm³/mol. The van der Waals surface area contributed by atoms with E-state index in [-0.39, 0.29) is 40.9 Å². The predicted octanol–water partition coefficient (Wildman–Crippen LogP) is 5.47. The molecule has 6 rings (SSSR count). The Labute approximate surface area is 273 Å². The van der Waals surface area contributed by atoms with Crippen LogP contribution in [-0.4, -0.2) is 69.3 Å². The Morgan fingerprint density at radius 1 is 1.12 bits per heavy atom. The molecule has 2 saturated heterocycles. The summed E-state index contributed by atoms with van der Waals surface area (Å²) < 4.78 is 71.5. The fraction of sp³-hybridized carbons (Fsp3) is 0.394. The van der Waals surface area contributed by atoms with Crippen molar-refractivity contribution in [1.29, 1.82) is 0 Å². The van der Waals surface area contributed by atoms with Crippen LogP contribution in [0.2, 0.25) is 0 Å². The Balaban J connectivity index is 1.31. The van der Waals surface area contributed by atoms with Crippen molar-refractivity contribution in [3.63, 3.8) is 0 Å². The SMILES string of the molecule is CCOc1ccc(-c2ccc([C@@H](Oc3cc(N4CCC5(CC4)CNC(C(=O)O)C5)nc(N)n3)C(F)(F)F)c(-n3ccc(C)n3)c2)cc1F. The minimum Gasteiger partial charge on any atom is -0.491 e. The van der Waals surface area contributed by atoms with E-state index in [2.05, 4.69) is 20.4 Å². The van der Waals surface area contributed by atoms with Gasteiger partial charge in [0.15, 0.2) is 11.6 Å². The van der Waals surface area contributed by atoms with E-state index in [9.17, 15) is 27.5 Å². The fourth-order valence-corrected chi connectivity index (χ4v) is 6.41. The molecule has 2 fully saturated rings. The lowest BCUT2D eigenvalue weighted by molar-refractivity contribution is -0.198. The van der Waals surface area contributed by atoms with Gasteiger partial charge < -0.3 is 30.5 Å². The molecule has 1 unspecified atom stereocenters. The number of carboxylic acid groups (broad SMARTS) is 1. The number of aliphatic carboxylic acids is 1. The summed E-state index contributed by atoms with van der Waals surface area (Å²) in [6, 6.07) is 11.0. The molecule has 11 nitrogen and oxygen atoms in total. The number of alkyl halides is 3. The number of nitrogen functional groups attached to an aromatic ring is 1. The number of nitrogens with zero attached hydrogens (tertiary/aromatic N) is 5. The van der Waals surface area contributed by atoms with E-state index >= 15 is 0 Å². The minimum atomic E-state index is -4.89. The highest BCUT2D eigenvalue weighted by Crippen LogP contribution is 2.43. The average Bonchev–Trinajstić information content (AvgIpc) is 3.67. The highest BCUT2D eigenvalue weighted by atomic mass is 19.4. The van der Waals surface area contributed by atoms with Crippen molar-refractivity contribution in [1.82, 2.24) is 25.1 Å². The Hall–Kier alpha value is -4.92. The Bertz CT molecular complexity index is 1810. The van der Waals surface area contributed by atoms with Crippen molar-refractivity contribution >= 4 is 17.7 Å². The summed E-state index contributed by atoms with van der Waals surface area (Å²) in [5, 5.41) is 16.8. The van der Waals surface area contributed by atoms with Gasteiger partial charge in [-0.25, -0.2) is 9.07 Å². The molecule has 48 heavy (non-hydrogen) atoms. The Morgan fingerprint density at radius 2 is 1.85 bits per heavy atom. The van der Waals surface area contributed by atoms with Gasteiger partial charge in [0.05, 0.1) is 18.0 Å². The summed E-state index contributed by atoms with van der Waals surface area (Å²) in [6.45, 7) is 5.30. The number of aromatic nitrogens is 4. The highest BCUT2D eigenvalue weighted by molar-refractivity contribution is 5.74. The molecule has 4 heterocycles. The lowest BCUT2D eigenvalue weighted by atomic mass is 9.76. The minimum absolute atomic E-state index is 0.0706. The molecule has 2 aromatic heterocycles. The molecule has 0 amide bonds. The van der Waals surface area contributed by atoms with Gasteiger partial charge in [0, 0.05) is 37.5 Å². The number of aryl methyl sites for hydroxylation is 1. The number of nitrogens with one attached hydrogen (secondary N) is 1. The summed E-state index contributed by atoms with van der Waals surface area (Å²) >= 11 is 0. The summed E-state index contributed by atoms with van der Waals surface area (Å²) in [6.07, 6.45) is -3.98. The van der Waals surface area contributed by atoms with E-state index in [1.165, 1.54) is 47.3 Å². The van der Waals surface area contributed by atoms with Crippen molar-refractivity contribution in [3.05, 3.63) is 71.8 Å². The summed E-state index contributed by atoms with van der Waals surface area (Å²) in [7, 11) is 0. The summed E-state index contributed by atoms with van der Waals surface area (Å²) in [5.74, 6) is -1.73. The zero-order valence-electron chi connectivity index (χ0n) is 26.3. The van der Waals surface area contributed by atoms with Crippen molar-refractivity contribution in [2.24, 2.45) is 5.41 Å². The number of nitrogens with two attached hydrogens (primary N) is 1. The maximum absolute atomic E-state index is 14.8. The second-order valence-electron chi connectivity index (χ2n) is 12.2. The van der Waals surface area contributed by atoms with Crippen LogP contribution in [0.4, 0.5) is 29.3 Å². The van der Waals surface area contributed by atoms with E-state index in [4.69, 9.17) is 15.2 Å². The lowest BCUT2D eigenvalue weighted by Crippen LogP contribution is -2.41. The molecule has 0 bridgehead atoms. The number of piperidine rings is 1. The van der Waals surface area contributed by atoms with Gasteiger partial charge in [-0.15, -0.1) is 0 Å². The number of hydrogen-bond acceptors (Lipinski definition) is 9. The second-order valence-corrected chi connectivity index (χ2v) is 12.2. The third-order valence-electron chi connectivity index (χ3n) is 8.90. The van der Waals surface area contributed by atoms with Crippen molar-refractivity contribution < 1.29 is 36.9 Å².